The van der Waals surface area contributed by atoms with Gasteiger partial charge in [0, 0.05) is 11.8 Å². The number of hydrogen-bond donors (Lipinski definition) is 1. The molecule has 0 unspecified atom stereocenters. The van der Waals surface area contributed by atoms with Gasteiger partial charge in [0.15, 0.2) is 15.7 Å². The highest BCUT2D eigenvalue weighted by Crippen LogP contribution is 2.25. The Balaban J connectivity index is 2.32. The van der Waals surface area contributed by atoms with Crippen LogP contribution in [0.4, 0.5) is 5.69 Å². The minimum absolute atomic E-state index is 0.112. The predicted octanol–water partition coefficient (Wildman–Crippen LogP) is 1.52. The van der Waals surface area contributed by atoms with Crippen molar-refractivity contribution in [2.75, 3.05) is 12.0 Å². The Hall–Kier alpha value is -1.60. The fraction of sp³-hybridized carbons (Fsp3) is 0.200. The van der Waals surface area contributed by atoms with Crippen molar-refractivity contribution in [1.82, 2.24) is 10.1 Å². The van der Waals surface area contributed by atoms with Crippen LogP contribution >= 0.6 is 11.6 Å². The third-order valence-corrected chi connectivity index (χ3v) is 3.23. The quantitative estimate of drug-likeness (QED) is 0.859. The van der Waals surface area contributed by atoms with Gasteiger partial charge in [-0.1, -0.05) is 16.8 Å². The van der Waals surface area contributed by atoms with Crippen molar-refractivity contribution in [1.29, 1.82) is 0 Å². The maximum absolute atomic E-state index is 11.1. The van der Waals surface area contributed by atoms with Crippen LogP contribution < -0.4 is 5.73 Å². The summed E-state index contributed by atoms with van der Waals surface area (Å²) in [6.45, 7) is 0. The van der Waals surface area contributed by atoms with Crippen molar-refractivity contribution >= 4 is 27.1 Å². The summed E-state index contributed by atoms with van der Waals surface area (Å²) in [5.41, 5.74) is 6.62. The molecule has 0 bridgehead atoms. The zero-order chi connectivity index (χ0) is 13.3. The van der Waals surface area contributed by atoms with E-state index in [1.54, 1.807) is 18.2 Å². The summed E-state index contributed by atoms with van der Waals surface area (Å²) in [6, 6.07) is 4.85. The molecule has 1 aromatic heterocycles. The van der Waals surface area contributed by atoms with Gasteiger partial charge in [0.05, 0.1) is 10.7 Å². The van der Waals surface area contributed by atoms with E-state index in [2.05, 4.69) is 10.1 Å². The number of nitrogens with two attached hydrogens (primary N) is 1. The van der Waals surface area contributed by atoms with Gasteiger partial charge in [-0.3, -0.25) is 0 Å². The van der Waals surface area contributed by atoms with E-state index in [0.717, 1.165) is 6.26 Å². The zero-order valence-electron chi connectivity index (χ0n) is 9.42. The number of aromatic nitrogens is 2. The normalized spacial score (nSPS) is 11.7. The molecule has 0 amide bonds. The standard InChI is InChI=1S/C10H10ClN3O3S/c1-18(15,16)5-9-13-10(17-14-9)6-2-3-7(11)8(12)4-6/h2-4H,5,12H2,1H3. The van der Waals surface area contributed by atoms with E-state index in [1.165, 1.54) is 0 Å². The number of halogens is 1. The molecule has 0 spiro atoms. The van der Waals surface area contributed by atoms with Gasteiger partial charge in [-0.25, -0.2) is 8.42 Å². The number of rotatable bonds is 3. The summed E-state index contributed by atoms with van der Waals surface area (Å²) in [4.78, 5) is 3.98. The van der Waals surface area contributed by atoms with Crippen LogP contribution in [0, 0.1) is 0 Å². The molecule has 0 aliphatic heterocycles. The maximum atomic E-state index is 11.1. The van der Waals surface area contributed by atoms with E-state index in [4.69, 9.17) is 21.9 Å². The SMILES string of the molecule is CS(=O)(=O)Cc1noc(-c2ccc(Cl)c(N)c2)n1. The van der Waals surface area contributed by atoms with Gasteiger partial charge in [-0.2, -0.15) is 4.98 Å². The average molecular weight is 288 g/mol. The lowest BCUT2D eigenvalue weighted by atomic mass is 10.2. The minimum atomic E-state index is -3.19. The van der Waals surface area contributed by atoms with Crippen molar-refractivity contribution in [3.63, 3.8) is 0 Å². The zero-order valence-corrected chi connectivity index (χ0v) is 11.0. The van der Waals surface area contributed by atoms with Gasteiger partial charge in [-0.05, 0) is 18.2 Å². The highest BCUT2D eigenvalue weighted by molar-refractivity contribution is 7.89. The monoisotopic (exact) mass is 287 g/mol. The number of nitrogen functional groups attached to an aromatic ring is 1. The van der Waals surface area contributed by atoms with Crippen molar-refractivity contribution in [3.8, 4) is 11.5 Å². The van der Waals surface area contributed by atoms with E-state index in [9.17, 15) is 8.42 Å². The van der Waals surface area contributed by atoms with Gasteiger partial charge in [0.2, 0.25) is 0 Å². The summed E-state index contributed by atoms with van der Waals surface area (Å²) in [6.07, 6.45) is 1.10. The smallest absolute Gasteiger partial charge is 0.258 e. The van der Waals surface area contributed by atoms with Gasteiger partial charge in [-0.15, -0.1) is 0 Å². The second-order valence-corrected chi connectivity index (χ2v) is 6.37. The predicted molar refractivity (Wildman–Crippen MR) is 67.7 cm³/mol. The van der Waals surface area contributed by atoms with Crippen LogP contribution in [0.1, 0.15) is 5.82 Å². The highest BCUT2D eigenvalue weighted by atomic mass is 35.5. The Morgan fingerprint density at radius 1 is 1.44 bits per heavy atom. The van der Waals surface area contributed by atoms with Gasteiger partial charge in [0.1, 0.15) is 5.75 Å². The summed E-state index contributed by atoms with van der Waals surface area (Å²) >= 11 is 5.79. The molecule has 0 aliphatic carbocycles. The van der Waals surface area contributed by atoms with Gasteiger partial charge >= 0.3 is 0 Å². The molecule has 2 N–H and O–H groups in total. The van der Waals surface area contributed by atoms with Crippen LogP contribution in [0.3, 0.4) is 0 Å². The molecule has 1 heterocycles. The molecule has 1 aromatic carbocycles. The second kappa shape index (κ2) is 4.58. The molecule has 0 saturated heterocycles. The van der Waals surface area contributed by atoms with Gasteiger partial charge < -0.3 is 10.3 Å². The number of sulfone groups is 1. The lowest BCUT2D eigenvalue weighted by Gasteiger charge is -1.98. The van der Waals surface area contributed by atoms with Crippen molar-refractivity contribution < 1.29 is 12.9 Å². The van der Waals surface area contributed by atoms with Crippen molar-refractivity contribution in [2.24, 2.45) is 0 Å². The first-order valence-electron chi connectivity index (χ1n) is 4.91. The third kappa shape index (κ3) is 2.99. The molecule has 0 radical (unpaired) electrons. The van der Waals surface area contributed by atoms with Crippen molar-refractivity contribution in [2.45, 2.75) is 5.75 Å². The van der Waals surface area contributed by atoms with E-state index >= 15 is 0 Å². The van der Waals surface area contributed by atoms with Crippen molar-refractivity contribution in [3.05, 3.63) is 29.0 Å². The first-order valence-corrected chi connectivity index (χ1v) is 7.35. The van der Waals surface area contributed by atoms with E-state index in [1.807, 2.05) is 0 Å². The van der Waals surface area contributed by atoms with Crippen LogP contribution in [-0.2, 0) is 15.6 Å². The first-order chi connectivity index (χ1) is 8.35. The molecule has 2 rings (SSSR count). The fourth-order valence-corrected chi connectivity index (χ4v) is 2.04. The molecule has 8 heteroatoms. The molecule has 96 valence electrons. The Labute approximate surface area is 109 Å². The maximum Gasteiger partial charge on any atom is 0.258 e. The molecular weight excluding hydrogens is 278 g/mol. The number of nitrogens with zero attached hydrogens (tertiary/aromatic N) is 2. The lowest BCUT2D eigenvalue weighted by molar-refractivity contribution is 0.424. The third-order valence-electron chi connectivity index (χ3n) is 2.10. The number of anilines is 1. The Bertz CT molecular complexity index is 681. The van der Waals surface area contributed by atoms with Crippen LogP contribution in [-0.4, -0.2) is 24.8 Å². The second-order valence-electron chi connectivity index (χ2n) is 3.82. The molecule has 0 fully saturated rings. The highest BCUT2D eigenvalue weighted by Gasteiger charge is 2.14. The first kappa shape index (κ1) is 12.8. The number of hydrogen-bond acceptors (Lipinski definition) is 6. The summed E-state index contributed by atoms with van der Waals surface area (Å²) in [5.74, 6) is 0.0533. The summed E-state index contributed by atoms with van der Waals surface area (Å²) < 4.78 is 27.1. The number of benzene rings is 1. The molecule has 0 aliphatic rings. The summed E-state index contributed by atoms with van der Waals surface area (Å²) in [7, 11) is -3.19. The van der Waals surface area contributed by atoms with Crippen LogP contribution in [0.25, 0.3) is 11.5 Å². The van der Waals surface area contributed by atoms with E-state index in [-0.39, 0.29) is 17.5 Å². The van der Waals surface area contributed by atoms with Gasteiger partial charge in [0.25, 0.3) is 5.89 Å². The van der Waals surface area contributed by atoms with E-state index in [0.29, 0.717) is 16.3 Å². The molecule has 18 heavy (non-hydrogen) atoms. The Morgan fingerprint density at radius 2 is 2.17 bits per heavy atom. The Kier molecular flexibility index (Phi) is 3.27. The molecule has 2 aromatic rings. The molecule has 0 atom stereocenters. The Morgan fingerprint density at radius 3 is 2.78 bits per heavy atom. The summed E-state index contributed by atoms with van der Waals surface area (Å²) in [5, 5.41) is 4.02. The topological polar surface area (TPSA) is 99.1 Å². The van der Waals surface area contributed by atoms with Crippen LogP contribution in [0.2, 0.25) is 5.02 Å². The fourth-order valence-electron chi connectivity index (χ4n) is 1.34. The van der Waals surface area contributed by atoms with Crippen LogP contribution in [0.15, 0.2) is 22.7 Å². The molecule has 6 nitrogen and oxygen atoms in total. The minimum Gasteiger partial charge on any atom is -0.398 e. The average Bonchev–Trinajstić information content (AvgIpc) is 2.68. The van der Waals surface area contributed by atoms with E-state index < -0.39 is 9.84 Å². The lowest BCUT2D eigenvalue weighted by Crippen LogP contribution is -2.02. The molecule has 0 saturated carbocycles. The van der Waals surface area contributed by atoms with Crippen LogP contribution in [0.5, 0.6) is 0 Å². The largest absolute Gasteiger partial charge is 0.398 e. The molecular formula is C10H10ClN3O3S.